The van der Waals surface area contributed by atoms with Gasteiger partial charge in [-0.2, -0.15) is 0 Å². The Bertz CT molecular complexity index is 1900. The molecule has 4 aromatic rings. The number of ketones is 1. The summed E-state index contributed by atoms with van der Waals surface area (Å²) in [6.45, 7) is 1.23. The van der Waals surface area contributed by atoms with Gasteiger partial charge in [-0.05, 0) is 65.7 Å². The summed E-state index contributed by atoms with van der Waals surface area (Å²) in [5.41, 5.74) is 0.575. The van der Waals surface area contributed by atoms with Crippen LogP contribution in [0.2, 0.25) is 0 Å². The average molecular weight is 649 g/mol. The molecule has 1 aliphatic rings. The van der Waals surface area contributed by atoms with E-state index in [0.717, 1.165) is 28.1 Å². The lowest BCUT2D eigenvalue weighted by Crippen LogP contribution is -2.50. The van der Waals surface area contributed by atoms with Crippen LogP contribution in [0.5, 0.6) is 0 Å². The average Bonchev–Trinajstić information content (AvgIpc) is 3.06. The largest absolute Gasteiger partial charge is 0.507 e. The summed E-state index contributed by atoms with van der Waals surface area (Å²) in [6, 6.07) is 15.8. The Hall–Kier alpha value is -5.39. The Balaban J connectivity index is 1.38. The maximum atomic E-state index is 14.5. The molecular formula is C35H32F4N4O4. The van der Waals surface area contributed by atoms with Crippen LogP contribution >= 0.6 is 0 Å². The Morgan fingerprint density at radius 3 is 2.21 bits per heavy atom. The van der Waals surface area contributed by atoms with Gasteiger partial charge in [0, 0.05) is 75.9 Å². The number of piperazine rings is 1. The summed E-state index contributed by atoms with van der Waals surface area (Å²) < 4.78 is 57.8. The maximum Gasteiger partial charge on any atom is 0.294 e. The number of hydrogen-bond donors (Lipinski definition) is 1. The van der Waals surface area contributed by atoms with Crippen LogP contribution < -0.4 is 15.4 Å². The van der Waals surface area contributed by atoms with Gasteiger partial charge in [-0.15, -0.1) is 0 Å². The number of benzene rings is 3. The minimum Gasteiger partial charge on any atom is -0.507 e. The number of aliphatic hydroxyl groups is 1. The first kappa shape index (κ1) is 33.0. The van der Waals surface area contributed by atoms with Crippen molar-refractivity contribution < 1.29 is 32.3 Å². The molecule has 0 saturated carbocycles. The minimum atomic E-state index is -1.42. The number of aliphatic hydroxyl groups excluding tert-OH is 1. The van der Waals surface area contributed by atoms with Crippen molar-refractivity contribution in [2.24, 2.45) is 0 Å². The Kier molecular flexibility index (Phi) is 9.78. The van der Waals surface area contributed by atoms with Gasteiger partial charge in [0.2, 0.25) is 5.78 Å². The zero-order valence-electron chi connectivity index (χ0n) is 25.7. The lowest BCUT2D eigenvalue weighted by molar-refractivity contribution is -0.142. The monoisotopic (exact) mass is 648 g/mol. The summed E-state index contributed by atoms with van der Waals surface area (Å²) in [5.74, 6) is -7.08. The molecule has 1 amide bonds. The van der Waals surface area contributed by atoms with Crippen molar-refractivity contribution in [1.29, 1.82) is 0 Å². The minimum absolute atomic E-state index is 0.0767. The molecule has 0 aliphatic carbocycles. The van der Waals surface area contributed by atoms with Crippen LogP contribution in [0.1, 0.15) is 22.3 Å². The summed E-state index contributed by atoms with van der Waals surface area (Å²) in [6.07, 6.45) is 1.35. The van der Waals surface area contributed by atoms with Crippen LogP contribution in [-0.2, 0) is 22.6 Å². The number of amides is 1. The topological polar surface area (TPSA) is 86.1 Å². The molecule has 3 aromatic carbocycles. The molecule has 244 valence electrons. The third kappa shape index (κ3) is 7.54. The SMILES string of the molecule is CN(C)c1ccc(N2CCN(C(=O)C(=O)/C=C(/O)c3cc(Cc4c(F)ccc(F)c4F)cn(Cc4cccc(F)c4)c3=O)CC2)cc1. The summed E-state index contributed by atoms with van der Waals surface area (Å²) in [5, 5.41) is 10.9. The normalized spacial score (nSPS) is 13.5. The molecule has 1 saturated heterocycles. The summed E-state index contributed by atoms with van der Waals surface area (Å²) >= 11 is 0. The number of aromatic nitrogens is 1. The first-order chi connectivity index (χ1) is 22.4. The fourth-order valence-corrected chi connectivity index (χ4v) is 5.41. The first-order valence-corrected chi connectivity index (χ1v) is 14.8. The molecular weight excluding hydrogens is 616 g/mol. The van der Waals surface area contributed by atoms with Gasteiger partial charge in [-0.1, -0.05) is 12.1 Å². The molecule has 1 aliphatic heterocycles. The third-order valence-corrected chi connectivity index (χ3v) is 7.96. The number of carbonyl (C=O) groups is 2. The lowest BCUT2D eigenvalue weighted by atomic mass is 10.0. The van der Waals surface area contributed by atoms with Crippen LogP contribution in [0.4, 0.5) is 28.9 Å². The number of nitrogens with zero attached hydrogens (tertiary/aromatic N) is 4. The van der Waals surface area contributed by atoms with Gasteiger partial charge in [-0.25, -0.2) is 17.6 Å². The molecule has 1 aromatic heterocycles. The van der Waals surface area contributed by atoms with Crippen molar-refractivity contribution in [3.05, 3.63) is 135 Å². The van der Waals surface area contributed by atoms with E-state index in [4.69, 9.17) is 0 Å². The van der Waals surface area contributed by atoms with E-state index in [0.29, 0.717) is 30.8 Å². The van der Waals surface area contributed by atoms with E-state index in [9.17, 15) is 37.1 Å². The van der Waals surface area contributed by atoms with Gasteiger partial charge in [-0.3, -0.25) is 14.4 Å². The van der Waals surface area contributed by atoms with E-state index in [2.05, 4.69) is 4.90 Å². The first-order valence-electron chi connectivity index (χ1n) is 14.8. The highest BCUT2D eigenvalue weighted by Gasteiger charge is 2.26. The molecule has 1 N–H and O–H groups in total. The standard InChI is InChI=1S/C35H32F4N4O4/c1-40(2)25-6-8-26(9-7-25)41-12-14-42(15-13-41)35(47)32(45)19-31(44)28-18-23(17-27-29(37)10-11-30(38)33(27)39)21-43(34(28)46)20-22-4-3-5-24(36)16-22/h3-11,16,18-19,21,44H,12-15,17,20H2,1-2H3/b31-19+. The zero-order chi connectivity index (χ0) is 33.8. The Morgan fingerprint density at radius 2 is 1.55 bits per heavy atom. The second-order valence-corrected chi connectivity index (χ2v) is 11.4. The van der Waals surface area contributed by atoms with Gasteiger partial charge in [0.15, 0.2) is 11.6 Å². The molecule has 8 nitrogen and oxygen atoms in total. The molecule has 0 unspecified atom stereocenters. The molecule has 0 radical (unpaired) electrons. The van der Waals surface area contributed by atoms with E-state index in [-0.39, 0.29) is 25.2 Å². The van der Waals surface area contributed by atoms with Crippen LogP contribution in [0.3, 0.4) is 0 Å². The van der Waals surface area contributed by atoms with Crippen molar-refractivity contribution in [2.75, 3.05) is 50.1 Å². The van der Waals surface area contributed by atoms with Crippen LogP contribution in [0.15, 0.2) is 83.8 Å². The molecule has 0 bridgehead atoms. The molecule has 1 fully saturated rings. The van der Waals surface area contributed by atoms with Crippen LogP contribution in [-0.4, -0.2) is 66.5 Å². The molecule has 47 heavy (non-hydrogen) atoms. The van der Waals surface area contributed by atoms with E-state index in [1.807, 2.05) is 43.3 Å². The van der Waals surface area contributed by atoms with Gasteiger partial charge < -0.3 is 24.4 Å². The third-order valence-electron chi connectivity index (χ3n) is 7.96. The quantitative estimate of drug-likeness (QED) is 0.0912. The number of halogens is 4. The number of anilines is 2. The van der Waals surface area contributed by atoms with Gasteiger partial charge in [0.1, 0.15) is 17.4 Å². The number of carbonyl (C=O) groups excluding carboxylic acids is 2. The molecule has 5 rings (SSSR count). The van der Waals surface area contributed by atoms with Crippen molar-refractivity contribution in [3.63, 3.8) is 0 Å². The van der Waals surface area contributed by atoms with Crippen molar-refractivity contribution in [3.8, 4) is 0 Å². The summed E-state index contributed by atoms with van der Waals surface area (Å²) in [4.78, 5) is 44.8. The second kappa shape index (κ2) is 13.9. The Labute approximate surface area is 268 Å². The number of rotatable bonds is 9. The van der Waals surface area contributed by atoms with Crippen molar-refractivity contribution in [1.82, 2.24) is 9.47 Å². The highest BCUT2D eigenvalue weighted by Crippen LogP contribution is 2.23. The van der Waals surface area contributed by atoms with Gasteiger partial charge >= 0.3 is 0 Å². The number of hydrogen-bond acceptors (Lipinski definition) is 6. The smallest absolute Gasteiger partial charge is 0.294 e. The second-order valence-electron chi connectivity index (χ2n) is 11.4. The Morgan fingerprint density at radius 1 is 0.872 bits per heavy atom. The molecule has 0 atom stereocenters. The molecule has 0 spiro atoms. The maximum absolute atomic E-state index is 14.5. The summed E-state index contributed by atoms with van der Waals surface area (Å²) in [7, 11) is 3.88. The van der Waals surface area contributed by atoms with Gasteiger partial charge in [0.25, 0.3) is 11.5 Å². The van der Waals surface area contributed by atoms with Crippen LogP contribution in [0.25, 0.3) is 5.76 Å². The lowest BCUT2D eigenvalue weighted by Gasteiger charge is -2.35. The van der Waals surface area contributed by atoms with Crippen molar-refractivity contribution >= 4 is 28.8 Å². The fraction of sp³-hybridized carbons (Fsp3) is 0.229. The van der Waals surface area contributed by atoms with E-state index < -0.39 is 63.8 Å². The van der Waals surface area contributed by atoms with Crippen molar-refractivity contribution in [2.45, 2.75) is 13.0 Å². The molecule has 12 heteroatoms. The van der Waals surface area contributed by atoms with Crippen LogP contribution in [0, 0.1) is 23.3 Å². The fourth-order valence-electron chi connectivity index (χ4n) is 5.41. The number of pyridine rings is 1. The zero-order valence-corrected chi connectivity index (χ0v) is 25.7. The van der Waals surface area contributed by atoms with E-state index in [1.165, 1.54) is 29.3 Å². The highest BCUT2D eigenvalue weighted by atomic mass is 19.2. The van der Waals surface area contributed by atoms with E-state index in [1.54, 1.807) is 6.07 Å². The van der Waals surface area contributed by atoms with Gasteiger partial charge in [0.05, 0.1) is 12.1 Å². The predicted octanol–water partition coefficient (Wildman–Crippen LogP) is 4.93. The highest BCUT2D eigenvalue weighted by molar-refractivity contribution is 6.41. The predicted molar refractivity (Wildman–Crippen MR) is 171 cm³/mol. The molecule has 2 heterocycles. The van der Waals surface area contributed by atoms with E-state index >= 15 is 0 Å².